The van der Waals surface area contributed by atoms with Crippen molar-refractivity contribution in [2.75, 3.05) is 18.2 Å². The number of amides is 1. The molecule has 0 aliphatic rings. The standard InChI is InChI=1S/C17H17Cl2NO2S/c1-22-16-9-6-13(11-15(16)19)20-17(21)3-2-10-23-14-7-4-12(18)5-8-14/h4-9,11H,2-3,10H2,1H3,(H,20,21). The zero-order valence-electron chi connectivity index (χ0n) is 12.6. The first kappa shape index (κ1) is 18.0. The van der Waals surface area contributed by atoms with Crippen molar-refractivity contribution >= 4 is 46.6 Å². The molecular weight excluding hydrogens is 353 g/mol. The Morgan fingerprint density at radius 1 is 1.17 bits per heavy atom. The number of nitrogens with one attached hydrogen (secondary N) is 1. The summed E-state index contributed by atoms with van der Waals surface area (Å²) in [6.45, 7) is 0. The third kappa shape index (κ3) is 5.98. The molecule has 122 valence electrons. The molecule has 0 atom stereocenters. The van der Waals surface area contributed by atoms with Crippen LogP contribution in [0.25, 0.3) is 0 Å². The van der Waals surface area contributed by atoms with Gasteiger partial charge in [-0.05, 0) is 54.6 Å². The molecule has 1 amide bonds. The summed E-state index contributed by atoms with van der Waals surface area (Å²) < 4.78 is 5.08. The summed E-state index contributed by atoms with van der Waals surface area (Å²) in [6.07, 6.45) is 1.26. The molecule has 0 unspecified atom stereocenters. The van der Waals surface area contributed by atoms with E-state index in [4.69, 9.17) is 27.9 Å². The molecule has 0 fully saturated rings. The topological polar surface area (TPSA) is 38.3 Å². The van der Waals surface area contributed by atoms with Crippen molar-refractivity contribution in [2.24, 2.45) is 0 Å². The molecule has 0 spiro atoms. The van der Waals surface area contributed by atoms with Crippen LogP contribution in [0.5, 0.6) is 5.75 Å². The molecule has 2 aromatic carbocycles. The molecule has 0 heterocycles. The number of benzene rings is 2. The van der Waals surface area contributed by atoms with E-state index in [-0.39, 0.29) is 5.91 Å². The van der Waals surface area contributed by atoms with E-state index in [0.29, 0.717) is 22.9 Å². The summed E-state index contributed by atoms with van der Waals surface area (Å²) in [6, 6.07) is 12.9. The number of thioether (sulfide) groups is 1. The van der Waals surface area contributed by atoms with Gasteiger partial charge in [-0.1, -0.05) is 23.2 Å². The van der Waals surface area contributed by atoms with Crippen LogP contribution in [0.4, 0.5) is 5.69 Å². The number of carbonyl (C=O) groups excluding carboxylic acids is 1. The Bertz CT molecular complexity index is 662. The Morgan fingerprint density at radius 3 is 2.57 bits per heavy atom. The van der Waals surface area contributed by atoms with E-state index in [1.54, 1.807) is 37.1 Å². The number of rotatable bonds is 7. The van der Waals surface area contributed by atoms with Gasteiger partial charge in [-0.2, -0.15) is 0 Å². The fourth-order valence-corrected chi connectivity index (χ4v) is 3.16. The van der Waals surface area contributed by atoms with Gasteiger partial charge in [-0.3, -0.25) is 4.79 Å². The highest BCUT2D eigenvalue weighted by molar-refractivity contribution is 7.99. The fourth-order valence-electron chi connectivity index (χ4n) is 1.92. The molecule has 0 aromatic heterocycles. The van der Waals surface area contributed by atoms with Gasteiger partial charge in [0.25, 0.3) is 0 Å². The summed E-state index contributed by atoms with van der Waals surface area (Å²) in [5.74, 6) is 1.44. The number of ether oxygens (including phenoxy) is 1. The Hall–Kier alpha value is -1.36. The SMILES string of the molecule is COc1ccc(NC(=O)CCCSc2ccc(Cl)cc2)cc1Cl. The van der Waals surface area contributed by atoms with Gasteiger partial charge in [-0.25, -0.2) is 0 Å². The van der Waals surface area contributed by atoms with Crippen LogP contribution in [0.3, 0.4) is 0 Å². The van der Waals surface area contributed by atoms with E-state index >= 15 is 0 Å². The van der Waals surface area contributed by atoms with Gasteiger partial charge in [0.1, 0.15) is 5.75 Å². The van der Waals surface area contributed by atoms with Crippen LogP contribution in [0.2, 0.25) is 10.0 Å². The molecule has 0 aliphatic carbocycles. The number of halogens is 2. The number of anilines is 1. The lowest BCUT2D eigenvalue weighted by Crippen LogP contribution is -2.11. The van der Waals surface area contributed by atoms with Crippen molar-refractivity contribution < 1.29 is 9.53 Å². The minimum absolute atomic E-state index is 0.0251. The predicted molar refractivity (Wildman–Crippen MR) is 98.0 cm³/mol. The van der Waals surface area contributed by atoms with E-state index in [1.165, 1.54) is 0 Å². The zero-order chi connectivity index (χ0) is 16.7. The summed E-state index contributed by atoms with van der Waals surface area (Å²) in [4.78, 5) is 13.1. The summed E-state index contributed by atoms with van der Waals surface area (Å²) in [7, 11) is 1.55. The van der Waals surface area contributed by atoms with Gasteiger partial charge >= 0.3 is 0 Å². The van der Waals surface area contributed by atoms with Gasteiger partial charge in [0.05, 0.1) is 12.1 Å². The molecule has 2 aromatic rings. The molecule has 0 saturated heterocycles. The normalized spacial score (nSPS) is 10.4. The number of hydrogen-bond acceptors (Lipinski definition) is 3. The summed E-state index contributed by atoms with van der Waals surface area (Å²) >= 11 is 13.6. The van der Waals surface area contributed by atoms with E-state index in [1.807, 2.05) is 24.3 Å². The highest BCUT2D eigenvalue weighted by atomic mass is 35.5. The van der Waals surface area contributed by atoms with E-state index in [9.17, 15) is 4.79 Å². The second-order valence-corrected chi connectivity index (χ2v) is 6.82. The Morgan fingerprint density at radius 2 is 1.91 bits per heavy atom. The number of carbonyl (C=O) groups is 1. The molecule has 3 nitrogen and oxygen atoms in total. The maximum atomic E-state index is 11.9. The lowest BCUT2D eigenvalue weighted by molar-refractivity contribution is -0.116. The van der Waals surface area contributed by atoms with Gasteiger partial charge in [0, 0.05) is 22.0 Å². The highest BCUT2D eigenvalue weighted by Gasteiger charge is 2.06. The van der Waals surface area contributed by atoms with Crippen molar-refractivity contribution in [3.05, 3.63) is 52.5 Å². The molecular formula is C17H17Cl2NO2S. The minimum Gasteiger partial charge on any atom is -0.495 e. The van der Waals surface area contributed by atoms with Crippen LogP contribution in [0.1, 0.15) is 12.8 Å². The van der Waals surface area contributed by atoms with Crippen molar-refractivity contribution in [1.82, 2.24) is 0 Å². The van der Waals surface area contributed by atoms with Gasteiger partial charge in [-0.15, -0.1) is 11.8 Å². The van der Waals surface area contributed by atoms with Crippen LogP contribution in [-0.4, -0.2) is 18.8 Å². The minimum atomic E-state index is -0.0251. The van der Waals surface area contributed by atoms with Crippen LogP contribution in [-0.2, 0) is 4.79 Å². The van der Waals surface area contributed by atoms with Crippen molar-refractivity contribution in [3.63, 3.8) is 0 Å². The molecule has 0 bridgehead atoms. The zero-order valence-corrected chi connectivity index (χ0v) is 15.0. The van der Waals surface area contributed by atoms with E-state index < -0.39 is 0 Å². The molecule has 6 heteroatoms. The third-order valence-corrected chi connectivity index (χ3v) is 4.71. The van der Waals surface area contributed by atoms with Crippen molar-refractivity contribution in [3.8, 4) is 5.75 Å². The maximum Gasteiger partial charge on any atom is 0.224 e. The summed E-state index contributed by atoms with van der Waals surface area (Å²) in [5.41, 5.74) is 0.672. The lowest BCUT2D eigenvalue weighted by Gasteiger charge is -2.08. The van der Waals surface area contributed by atoms with Crippen LogP contribution >= 0.6 is 35.0 Å². The maximum absolute atomic E-state index is 11.9. The number of methoxy groups -OCH3 is 1. The molecule has 0 saturated carbocycles. The third-order valence-electron chi connectivity index (χ3n) is 3.07. The smallest absolute Gasteiger partial charge is 0.224 e. The first-order valence-corrected chi connectivity index (χ1v) is 8.84. The van der Waals surface area contributed by atoms with E-state index in [0.717, 1.165) is 22.1 Å². The first-order chi connectivity index (χ1) is 11.1. The second kappa shape index (κ2) is 9.06. The average Bonchev–Trinajstić information content (AvgIpc) is 2.53. The summed E-state index contributed by atoms with van der Waals surface area (Å²) in [5, 5.41) is 4.04. The van der Waals surface area contributed by atoms with Crippen molar-refractivity contribution in [1.29, 1.82) is 0 Å². The molecule has 1 N–H and O–H groups in total. The molecule has 23 heavy (non-hydrogen) atoms. The monoisotopic (exact) mass is 369 g/mol. The van der Waals surface area contributed by atoms with Crippen LogP contribution < -0.4 is 10.1 Å². The highest BCUT2D eigenvalue weighted by Crippen LogP contribution is 2.27. The largest absolute Gasteiger partial charge is 0.495 e. The number of hydrogen-bond donors (Lipinski definition) is 1. The Labute approximate surface area is 150 Å². The van der Waals surface area contributed by atoms with Crippen molar-refractivity contribution in [2.45, 2.75) is 17.7 Å². The first-order valence-electron chi connectivity index (χ1n) is 7.10. The van der Waals surface area contributed by atoms with Crippen LogP contribution in [0, 0.1) is 0 Å². The lowest BCUT2D eigenvalue weighted by atomic mass is 10.2. The predicted octanol–water partition coefficient (Wildman–Crippen LogP) is 5.51. The van der Waals surface area contributed by atoms with Gasteiger partial charge < -0.3 is 10.1 Å². The quantitative estimate of drug-likeness (QED) is 0.516. The molecule has 2 rings (SSSR count). The van der Waals surface area contributed by atoms with Gasteiger partial charge in [0.15, 0.2) is 0 Å². The van der Waals surface area contributed by atoms with Gasteiger partial charge in [0.2, 0.25) is 5.91 Å². The second-order valence-electron chi connectivity index (χ2n) is 4.80. The van der Waals surface area contributed by atoms with E-state index in [2.05, 4.69) is 5.32 Å². The van der Waals surface area contributed by atoms with Crippen LogP contribution in [0.15, 0.2) is 47.4 Å². The fraction of sp³-hybridized carbons (Fsp3) is 0.235. The Kier molecular flexibility index (Phi) is 7.09. The molecule has 0 aliphatic heterocycles. The average molecular weight is 370 g/mol. The molecule has 0 radical (unpaired) electrons. The Balaban J connectivity index is 1.72.